The molecular formula is C7H7IS. The molecule has 0 amide bonds. The monoisotopic (exact) mass is 250 g/mol. The van der Waals surface area contributed by atoms with Crippen molar-refractivity contribution in [3.63, 3.8) is 0 Å². The molecule has 1 heterocycles. The minimum absolute atomic E-state index is 1.34. The van der Waals surface area contributed by atoms with Gasteiger partial charge in [0.1, 0.15) is 0 Å². The third kappa shape index (κ3) is 2.10. The van der Waals surface area contributed by atoms with Crippen LogP contribution in [-0.2, 0) is 0 Å². The molecule has 0 atom stereocenters. The molecule has 0 bridgehead atoms. The minimum Gasteiger partial charge on any atom is -0.130 e. The van der Waals surface area contributed by atoms with Gasteiger partial charge in [-0.25, -0.2) is 0 Å². The fourth-order valence-electron chi connectivity index (χ4n) is 0.582. The van der Waals surface area contributed by atoms with Gasteiger partial charge < -0.3 is 0 Å². The van der Waals surface area contributed by atoms with Crippen molar-refractivity contribution in [1.82, 2.24) is 0 Å². The van der Waals surface area contributed by atoms with Crippen molar-refractivity contribution in [2.75, 3.05) is 0 Å². The van der Waals surface area contributed by atoms with E-state index in [4.69, 9.17) is 0 Å². The summed E-state index contributed by atoms with van der Waals surface area (Å²) < 4.78 is 1.35. The minimum atomic E-state index is 1.34. The zero-order valence-electron chi connectivity index (χ0n) is 5.10. The molecule has 48 valence electrons. The second kappa shape index (κ2) is 3.37. The van der Waals surface area contributed by atoms with E-state index >= 15 is 0 Å². The zero-order chi connectivity index (χ0) is 6.69. The van der Waals surface area contributed by atoms with Crippen LogP contribution in [0.3, 0.4) is 0 Å². The van der Waals surface area contributed by atoms with Crippen molar-refractivity contribution >= 4 is 40.0 Å². The topological polar surface area (TPSA) is 0 Å². The normalized spacial score (nSPS) is 10.9. The first-order chi connectivity index (χ1) is 4.33. The second-order valence-electron chi connectivity index (χ2n) is 1.64. The zero-order valence-corrected chi connectivity index (χ0v) is 8.07. The summed E-state index contributed by atoms with van der Waals surface area (Å²) in [6.45, 7) is 2.03. The van der Waals surface area contributed by atoms with E-state index < -0.39 is 0 Å². The number of hydrogen-bond acceptors (Lipinski definition) is 1. The lowest BCUT2D eigenvalue weighted by Crippen LogP contribution is -1.50. The number of rotatable bonds is 1. The first-order valence-corrected chi connectivity index (χ1v) is 4.60. The van der Waals surface area contributed by atoms with E-state index in [0.717, 1.165) is 0 Å². The Bertz CT molecular complexity index is 212. The van der Waals surface area contributed by atoms with Crippen molar-refractivity contribution in [2.45, 2.75) is 6.92 Å². The molecule has 0 aliphatic carbocycles. The highest BCUT2D eigenvalue weighted by molar-refractivity contribution is 14.1. The third-order valence-corrected chi connectivity index (χ3v) is 2.78. The van der Waals surface area contributed by atoms with Gasteiger partial charge in [0.15, 0.2) is 0 Å². The second-order valence-corrected chi connectivity index (χ2v) is 4.65. The first kappa shape index (κ1) is 7.28. The highest BCUT2D eigenvalue weighted by Gasteiger charge is 1.89. The molecule has 0 N–H and O–H groups in total. The van der Waals surface area contributed by atoms with Crippen LogP contribution in [0.4, 0.5) is 0 Å². The summed E-state index contributed by atoms with van der Waals surface area (Å²) in [5, 5.41) is 0. The summed E-state index contributed by atoms with van der Waals surface area (Å²) in [7, 11) is 0. The summed E-state index contributed by atoms with van der Waals surface area (Å²) in [4.78, 5) is 1.34. The maximum atomic E-state index is 2.32. The Balaban J connectivity index is 2.85. The van der Waals surface area contributed by atoms with Crippen LogP contribution in [0.1, 0.15) is 11.8 Å². The Hall–Kier alpha value is 0.170. The highest BCUT2D eigenvalue weighted by atomic mass is 127. The molecule has 1 rings (SSSR count). The molecule has 0 saturated carbocycles. The predicted molar refractivity (Wildman–Crippen MR) is 51.7 cm³/mol. The Morgan fingerprint density at radius 3 is 2.78 bits per heavy atom. The number of hydrogen-bond donors (Lipinski definition) is 0. The fourth-order valence-corrected chi connectivity index (χ4v) is 2.23. The molecule has 0 aromatic carbocycles. The Kier molecular flexibility index (Phi) is 2.72. The van der Waals surface area contributed by atoms with Gasteiger partial charge in [-0.3, -0.25) is 0 Å². The average molecular weight is 250 g/mol. The maximum Gasteiger partial charge on any atom is 0.0659 e. The van der Waals surface area contributed by atoms with Gasteiger partial charge >= 0.3 is 0 Å². The van der Waals surface area contributed by atoms with E-state index in [1.165, 1.54) is 7.76 Å². The van der Waals surface area contributed by atoms with Gasteiger partial charge in [0.25, 0.3) is 0 Å². The lowest BCUT2D eigenvalue weighted by Gasteiger charge is -1.76. The van der Waals surface area contributed by atoms with Crippen LogP contribution in [0.5, 0.6) is 0 Å². The van der Waals surface area contributed by atoms with Gasteiger partial charge in [0, 0.05) is 4.88 Å². The van der Waals surface area contributed by atoms with Crippen LogP contribution in [-0.4, -0.2) is 0 Å². The maximum absolute atomic E-state index is 2.32. The lowest BCUT2D eigenvalue weighted by molar-refractivity contribution is 1.78. The molecule has 0 unspecified atom stereocenters. The van der Waals surface area contributed by atoms with Gasteiger partial charge in [-0.05, 0) is 47.7 Å². The highest BCUT2D eigenvalue weighted by Crippen LogP contribution is 2.18. The molecular weight excluding hydrogens is 243 g/mol. The van der Waals surface area contributed by atoms with Crippen LogP contribution < -0.4 is 0 Å². The molecule has 9 heavy (non-hydrogen) atoms. The molecule has 0 nitrogen and oxygen atoms in total. The molecule has 1 aromatic heterocycles. The Morgan fingerprint density at radius 1 is 1.56 bits per heavy atom. The number of thiophene rings is 1. The van der Waals surface area contributed by atoms with Crippen molar-refractivity contribution in [3.8, 4) is 0 Å². The molecule has 2 heteroatoms. The van der Waals surface area contributed by atoms with Crippen molar-refractivity contribution in [3.05, 3.63) is 26.0 Å². The van der Waals surface area contributed by atoms with Crippen LogP contribution in [0.15, 0.2) is 18.2 Å². The fraction of sp³-hybridized carbons (Fsp3) is 0.143. The van der Waals surface area contributed by atoms with Gasteiger partial charge in [-0.1, -0.05) is 6.08 Å². The summed E-state index contributed by atoms with van der Waals surface area (Å²) in [6, 6.07) is 4.26. The first-order valence-electron chi connectivity index (χ1n) is 2.71. The van der Waals surface area contributed by atoms with Crippen LogP contribution in [0.25, 0.3) is 6.08 Å². The Morgan fingerprint density at radius 2 is 2.33 bits per heavy atom. The Labute approximate surface area is 72.7 Å². The molecule has 0 radical (unpaired) electrons. The quantitative estimate of drug-likeness (QED) is 0.670. The molecule has 0 aliphatic heterocycles. The lowest BCUT2D eigenvalue weighted by atomic mass is 10.4. The predicted octanol–water partition coefficient (Wildman–Crippen LogP) is 3.39. The smallest absolute Gasteiger partial charge is 0.0659 e. The van der Waals surface area contributed by atoms with E-state index in [2.05, 4.69) is 46.9 Å². The molecule has 0 fully saturated rings. The third-order valence-electron chi connectivity index (χ3n) is 0.925. The SMILES string of the molecule is CC=Cc1ccc(I)s1. The van der Waals surface area contributed by atoms with Crippen LogP contribution >= 0.6 is 33.9 Å². The largest absolute Gasteiger partial charge is 0.130 e. The van der Waals surface area contributed by atoms with Gasteiger partial charge in [0.05, 0.1) is 2.88 Å². The summed E-state index contributed by atoms with van der Waals surface area (Å²) >= 11 is 4.14. The molecule has 0 saturated heterocycles. The van der Waals surface area contributed by atoms with E-state index in [1.807, 2.05) is 18.3 Å². The molecule has 0 spiro atoms. The summed E-state index contributed by atoms with van der Waals surface area (Å²) in [5.41, 5.74) is 0. The van der Waals surface area contributed by atoms with Gasteiger partial charge in [-0.15, -0.1) is 11.3 Å². The van der Waals surface area contributed by atoms with E-state index in [9.17, 15) is 0 Å². The number of halogens is 1. The van der Waals surface area contributed by atoms with E-state index in [0.29, 0.717) is 0 Å². The van der Waals surface area contributed by atoms with Crippen LogP contribution in [0, 0.1) is 2.88 Å². The van der Waals surface area contributed by atoms with E-state index in [1.54, 1.807) is 0 Å². The number of allylic oxidation sites excluding steroid dienone is 1. The average Bonchev–Trinajstić information content (AvgIpc) is 2.17. The standard InChI is InChI=1S/C7H7IS/c1-2-3-6-4-5-7(8)9-6/h2-5H,1H3. The van der Waals surface area contributed by atoms with Gasteiger partial charge in [-0.2, -0.15) is 0 Å². The van der Waals surface area contributed by atoms with Crippen molar-refractivity contribution in [1.29, 1.82) is 0 Å². The van der Waals surface area contributed by atoms with Gasteiger partial charge in [0.2, 0.25) is 0 Å². The van der Waals surface area contributed by atoms with E-state index in [-0.39, 0.29) is 0 Å². The molecule has 1 aromatic rings. The van der Waals surface area contributed by atoms with Crippen molar-refractivity contribution in [2.24, 2.45) is 0 Å². The summed E-state index contributed by atoms with van der Waals surface area (Å²) in [6.07, 6.45) is 4.18. The summed E-state index contributed by atoms with van der Waals surface area (Å²) in [5.74, 6) is 0. The van der Waals surface area contributed by atoms with Crippen LogP contribution in [0.2, 0.25) is 0 Å². The van der Waals surface area contributed by atoms with Crippen molar-refractivity contribution < 1.29 is 0 Å². The molecule has 0 aliphatic rings.